The topological polar surface area (TPSA) is 115 Å². The normalized spacial score (nSPS) is 17.8. The van der Waals surface area contributed by atoms with E-state index >= 15 is 0 Å². The predicted octanol–water partition coefficient (Wildman–Crippen LogP) is 2.70. The van der Waals surface area contributed by atoms with Crippen LogP contribution in [0.2, 0.25) is 0 Å². The van der Waals surface area contributed by atoms with Crippen molar-refractivity contribution in [1.29, 1.82) is 10.8 Å². The SMILES string of the molecule is CN=CC(C=N)c1ccc(N)c(C(=N)c2cc(N3CCC(CF)C3)ncn2)c1. The fourth-order valence-electron chi connectivity index (χ4n) is 3.35. The van der Waals surface area contributed by atoms with Crippen LogP contribution in [-0.4, -0.2) is 54.9 Å². The molecule has 3 rings (SSSR count). The Morgan fingerprint density at radius 2 is 2.25 bits per heavy atom. The summed E-state index contributed by atoms with van der Waals surface area (Å²) in [6.07, 6.45) is 5.19. The molecule has 1 aromatic carbocycles. The third-order valence-electron chi connectivity index (χ3n) is 4.96. The highest BCUT2D eigenvalue weighted by atomic mass is 19.1. The highest BCUT2D eigenvalue weighted by molar-refractivity contribution is 6.13. The number of rotatable bonds is 7. The largest absolute Gasteiger partial charge is 0.398 e. The molecule has 8 heteroatoms. The third kappa shape index (κ3) is 4.05. The Kier molecular flexibility index (Phi) is 6.08. The predicted molar refractivity (Wildman–Crippen MR) is 111 cm³/mol. The molecule has 0 amide bonds. The highest BCUT2D eigenvalue weighted by Gasteiger charge is 2.24. The summed E-state index contributed by atoms with van der Waals surface area (Å²) < 4.78 is 12.9. The van der Waals surface area contributed by atoms with Gasteiger partial charge in [-0.05, 0) is 24.1 Å². The van der Waals surface area contributed by atoms with E-state index in [1.807, 2.05) is 11.0 Å². The van der Waals surface area contributed by atoms with Gasteiger partial charge in [-0.25, -0.2) is 9.97 Å². The van der Waals surface area contributed by atoms with Crippen LogP contribution in [0.4, 0.5) is 15.9 Å². The van der Waals surface area contributed by atoms with Crippen molar-refractivity contribution in [3.05, 3.63) is 47.4 Å². The number of halogens is 1. The van der Waals surface area contributed by atoms with Crippen LogP contribution in [0.5, 0.6) is 0 Å². The quantitative estimate of drug-likeness (QED) is 0.505. The van der Waals surface area contributed by atoms with E-state index in [-0.39, 0.29) is 24.2 Å². The van der Waals surface area contributed by atoms with Gasteiger partial charge in [-0.15, -0.1) is 0 Å². The number of nitrogen functional groups attached to an aromatic ring is 1. The smallest absolute Gasteiger partial charge is 0.132 e. The molecule has 2 atom stereocenters. The maximum absolute atomic E-state index is 12.9. The number of aliphatic imine (C=N–C) groups is 1. The zero-order chi connectivity index (χ0) is 20.1. The Labute approximate surface area is 163 Å². The van der Waals surface area contributed by atoms with Gasteiger partial charge in [0.25, 0.3) is 0 Å². The first-order valence-electron chi connectivity index (χ1n) is 9.12. The fraction of sp³-hybridized carbons (Fsp3) is 0.350. The van der Waals surface area contributed by atoms with Crippen molar-refractivity contribution in [2.24, 2.45) is 10.9 Å². The van der Waals surface area contributed by atoms with Gasteiger partial charge in [0.1, 0.15) is 12.1 Å². The standard InChI is InChI=1S/C20H24FN7/c1-25-10-15(9-22)14-2-3-17(23)16(6-14)20(24)18-7-19(27-12-26-18)28-5-4-13(8-21)11-28/h2-3,6-7,9-10,12-13,15,22,24H,4-5,8,11,23H2,1H3. The zero-order valence-electron chi connectivity index (χ0n) is 15.8. The van der Waals surface area contributed by atoms with Gasteiger partial charge >= 0.3 is 0 Å². The lowest BCUT2D eigenvalue weighted by Gasteiger charge is -2.18. The second kappa shape index (κ2) is 8.69. The maximum Gasteiger partial charge on any atom is 0.132 e. The van der Waals surface area contributed by atoms with Crippen LogP contribution in [0.3, 0.4) is 0 Å². The molecule has 2 heterocycles. The van der Waals surface area contributed by atoms with Crippen molar-refractivity contribution < 1.29 is 4.39 Å². The summed E-state index contributed by atoms with van der Waals surface area (Å²) in [4.78, 5) is 14.5. The van der Waals surface area contributed by atoms with E-state index in [0.717, 1.165) is 18.5 Å². The molecule has 146 valence electrons. The van der Waals surface area contributed by atoms with E-state index in [9.17, 15) is 4.39 Å². The average Bonchev–Trinajstić information content (AvgIpc) is 3.21. The second-order valence-corrected chi connectivity index (χ2v) is 6.84. The van der Waals surface area contributed by atoms with Gasteiger partial charge in [0, 0.05) is 55.8 Å². The molecule has 0 aliphatic carbocycles. The summed E-state index contributed by atoms with van der Waals surface area (Å²) in [5, 5.41) is 16.2. The van der Waals surface area contributed by atoms with E-state index < -0.39 is 0 Å². The van der Waals surface area contributed by atoms with E-state index in [2.05, 4.69) is 15.0 Å². The lowest BCUT2D eigenvalue weighted by molar-refractivity contribution is 0.384. The maximum atomic E-state index is 12.9. The first-order valence-corrected chi connectivity index (χ1v) is 9.12. The summed E-state index contributed by atoms with van der Waals surface area (Å²) in [5.74, 6) is 0.444. The molecule has 1 aliphatic heterocycles. The molecular weight excluding hydrogens is 357 g/mol. The van der Waals surface area contributed by atoms with Gasteiger partial charge in [-0.2, -0.15) is 0 Å². The summed E-state index contributed by atoms with van der Waals surface area (Å²) in [5.41, 5.74) is 8.58. The Balaban J connectivity index is 1.90. The van der Waals surface area contributed by atoms with Crippen LogP contribution >= 0.6 is 0 Å². The molecule has 1 saturated heterocycles. The molecular formula is C20H24FN7. The Morgan fingerprint density at radius 1 is 1.43 bits per heavy atom. The number of nitrogens with one attached hydrogen (secondary N) is 2. The van der Waals surface area contributed by atoms with E-state index in [1.165, 1.54) is 12.5 Å². The molecule has 1 aromatic heterocycles. The van der Waals surface area contributed by atoms with E-state index in [0.29, 0.717) is 29.3 Å². The second-order valence-electron chi connectivity index (χ2n) is 6.84. The third-order valence-corrected chi connectivity index (χ3v) is 4.96. The fourth-order valence-corrected chi connectivity index (χ4v) is 3.35. The lowest BCUT2D eigenvalue weighted by Crippen LogP contribution is -2.22. The van der Waals surface area contributed by atoms with Crippen molar-refractivity contribution in [2.45, 2.75) is 12.3 Å². The van der Waals surface area contributed by atoms with Gasteiger partial charge in [-0.3, -0.25) is 14.8 Å². The highest BCUT2D eigenvalue weighted by Crippen LogP contribution is 2.25. The van der Waals surface area contributed by atoms with Gasteiger partial charge in [0.2, 0.25) is 0 Å². The van der Waals surface area contributed by atoms with Gasteiger partial charge < -0.3 is 16.0 Å². The number of anilines is 2. The lowest BCUT2D eigenvalue weighted by atomic mass is 9.95. The average molecular weight is 381 g/mol. The molecule has 2 unspecified atom stereocenters. The monoisotopic (exact) mass is 381 g/mol. The first kappa shape index (κ1) is 19.6. The summed E-state index contributed by atoms with van der Waals surface area (Å²) >= 11 is 0. The van der Waals surface area contributed by atoms with Gasteiger partial charge in [0.15, 0.2) is 0 Å². The number of nitrogens with two attached hydrogens (primary N) is 1. The molecule has 0 bridgehead atoms. The summed E-state index contributed by atoms with van der Waals surface area (Å²) in [7, 11) is 1.66. The molecule has 0 saturated carbocycles. The van der Waals surface area contributed by atoms with E-state index in [4.69, 9.17) is 16.6 Å². The van der Waals surface area contributed by atoms with Crippen molar-refractivity contribution in [1.82, 2.24) is 9.97 Å². The minimum Gasteiger partial charge on any atom is -0.398 e. The van der Waals surface area contributed by atoms with Crippen LogP contribution in [0, 0.1) is 16.7 Å². The molecule has 2 aromatic rings. The molecule has 28 heavy (non-hydrogen) atoms. The minimum atomic E-state index is -0.331. The Bertz CT molecular complexity index is 896. The Hall–Kier alpha value is -3.16. The number of nitrogens with zero attached hydrogens (tertiary/aromatic N) is 4. The molecule has 4 N–H and O–H groups in total. The summed E-state index contributed by atoms with van der Waals surface area (Å²) in [6.45, 7) is 1.03. The van der Waals surface area contributed by atoms with Crippen molar-refractivity contribution in [3.8, 4) is 0 Å². The number of hydrogen-bond donors (Lipinski definition) is 3. The number of alkyl halides is 1. The van der Waals surface area contributed by atoms with Crippen LogP contribution < -0.4 is 10.6 Å². The van der Waals surface area contributed by atoms with E-state index in [1.54, 1.807) is 31.5 Å². The molecule has 0 spiro atoms. The zero-order valence-corrected chi connectivity index (χ0v) is 15.8. The van der Waals surface area contributed by atoms with Crippen LogP contribution in [-0.2, 0) is 0 Å². The van der Waals surface area contributed by atoms with Gasteiger partial charge in [0.05, 0.1) is 24.0 Å². The number of aromatic nitrogens is 2. The first-order chi connectivity index (χ1) is 13.6. The van der Waals surface area contributed by atoms with Crippen molar-refractivity contribution in [3.63, 3.8) is 0 Å². The number of benzene rings is 1. The summed E-state index contributed by atoms with van der Waals surface area (Å²) in [6, 6.07) is 7.10. The van der Waals surface area contributed by atoms with Crippen LogP contribution in [0.15, 0.2) is 35.6 Å². The molecule has 7 nitrogen and oxygen atoms in total. The molecule has 0 radical (unpaired) electrons. The molecule has 1 fully saturated rings. The van der Waals surface area contributed by atoms with Gasteiger partial charge in [-0.1, -0.05) is 6.07 Å². The van der Waals surface area contributed by atoms with Crippen molar-refractivity contribution in [2.75, 3.05) is 37.4 Å². The van der Waals surface area contributed by atoms with Crippen LogP contribution in [0.25, 0.3) is 0 Å². The Morgan fingerprint density at radius 3 is 2.93 bits per heavy atom. The minimum absolute atomic E-state index is 0.0310. The van der Waals surface area contributed by atoms with Crippen molar-refractivity contribution >= 4 is 29.6 Å². The number of hydrogen-bond acceptors (Lipinski definition) is 7. The van der Waals surface area contributed by atoms with Crippen LogP contribution in [0.1, 0.15) is 29.2 Å². The molecule has 1 aliphatic rings.